The van der Waals surface area contributed by atoms with Gasteiger partial charge in [0.25, 0.3) is 0 Å². The van der Waals surface area contributed by atoms with Crippen molar-refractivity contribution >= 4 is 55.8 Å². The van der Waals surface area contributed by atoms with Crippen molar-refractivity contribution in [2.75, 3.05) is 16.4 Å². The second-order valence-electron chi connectivity index (χ2n) is 7.96. The molecule has 0 spiro atoms. The molecule has 0 heterocycles. The minimum Gasteiger partial charge on any atom is -0.507 e. The summed E-state index contributed by atoms with van der Waals surface area (Å²) in [6, 6.07) is 24.7. The Morgan fingerprint density at radius 1 is 0.917 bits per heavy atom. The van der Waals surface area contributed by atoms with Crippen LogP contribution in [0.25, 0.3) is 10.8 Å². The number of benzene rings is 4. The fourth-order valence-electron chi connectivity index (χ4n) is 3.72. The number of carbonyl (C=O) groups is 2. The van der Waals surface area contributed by atoms with E-state index in [9.17, 15) is 14.7 Å². The van der Waals surface area contributed by atoms with Crippen LogP contribution >= 0.6 is 15.9 Å². The number of rotatable bonds is 7. The smallest absolute Gasteiger partial charge is 0.412 e. The van der Waals surface area contributed by atoms with Crippen molar-refractivity contribution in [3.8, 4) is 5.75 Å². The number of hydrogen-bond donors (Lipinski definition) is 4. The summed E-state index contributed by atoms with van der Waals surface area (Å²) in [5, 5.41) is 17.1. The van der Waals surface area contributed by atoms with Crippen molar-refractivity contribution in [1.82, 2.24) is 0 Å². The predicted octanol–water partition coefficient (Wildman–Crippen LogP) is 6.76. The zero-order valence-corrected chi connectivity index (χ0v) is 20.7. The quantitative estimate of drug-likeness (QED) is 0.151. The highest BCUT2D eigenvalue weighted by atomic mass is 79.9. The summed E-state index contributed by atoms with van der Waals surface area (Å²) >= 11 is 3.36. The molecule has 182 valence electrons. The van der Waals surface area contributed by atoms with Crippen LogP contribution in [-0.4, -0.2) is 17.1 Å². The van der Waals surface area contributed by atoms with E-state index in [1.54, 1.807) is 72.8 Å². The number of para-hydroxylation sites is 2. The third-order valence-corrected chi connectivity index (χ3v) is 5.99. The average molecular weight is 546 g/mol. The molecule has 5 N–H and O–H groups in total. The Kier molecular flexibility index (Phi) is 7.87. The number of halogens is 1. The van der Waals surface area contributed by atoms with Gasteiger partial charge in [-0.1, -0.05) is 64.5 Å². The van der Waals surface area contributed by atoms with Crippen LogP contribution < -0.4 is 16.4 Å². The third-order valence-electron chi connectivity index (χ3n) is 5.46. The maximum Gasteiger partial charge on any atom is 0.412 e. The van der Waals surface area contributed by atoms with Crippen molar-refractivity contribution in [2.24, 2.45) is 0 Å². The van der Waals surface area contributed by atoms with E-state index in [-0.39, 0.29) is 18.1 Å². The van der Waals surface area contributed by atoms with Crippen LogP contribution in [0.2, 0.25) is 0 Å². The molecule has 0 aromatic heterocycles. The summed E-state index contributed by atoms with van der Waals surface area (Å²) in [5.74, 6) is -0.232. The summed E-state index contributed by atoms with van der Waals surface area (Å²) in [4.78, 5) is 25.2. The van der Waals surface area contributed by atoms with E-state index >= 15 is 0 Å². The second kappa shape index (κ2) is 11.4. The Bertz CT molecular complexity index is 1420. The first-order chi connectivity index (χ1) is 17.4. The Morgan fingerprint density at radius 3 is 2.36 bits per heavy atom. The van der Waals surface area contributed by atoms with E-state index in [1.807, 2.05) is 18.2 Å². The van der Waals surface area contributed by atoms with Crippen molar-refractivity contribution < 1.29 is 19.4 Å². The summed E-state index contributed by atoms with van der Waals surface area (Å²) in [7, 11) is 0. The molecule has 0 aliphatic rings. The topological polar surface area (TPSA) is 114 Å². The number of nitrogen functional groups attached to an aromatic ring is 1. The van der Waals surface area contributed by atoms with E-state index in [0.717, 1.165) is 9.86 Å². The molecule has 1 atom stereocenters. The van der Waals surface area contributed by atoms with Crippen molar-refractivity contribution in [3.63, 3.8) is 0 Å². The van der Waals surface area contributed by atoms with Gasteiger partial charge in [0, 0.05) is 27.5 Å². The molecular weight excluding hydrogens is 522 g/mol. The SMILES string of the molecule is Nc1ccccc1NC(=O)/C=C/C[C@H](OC(=O)Nc1ccc(Br)cc1)c1ccc(O)c2ccccc12. The highest BCUT2D eigenvalue weighted by Gasteiger charge is 2.19. The van der Waals surface area contributed by atoms with E-state index in [0.29, 0.717) is 28.0 Å². The van der Waals surface area contributed by atoms with Gasteiger partial charge in [0.2, 0.25) is 5.91 Å². The summed E-state index contributed by atoms with van der Waals surface area (Å²) in [6.45, 7) is 0. The highest BCUT2D eigenvalue weighted by molar-refractivity contribution is 9.10. The normalized spacial score (nSPS) is 11.8. The number of ether oxygens (including phenoxy) is 1. The highest BCUT2D eigenvalue weighted by Crippen LogP contribution is 2.34. The van der Waals surface area contributed by atoms with Gasteiger partial charge in [0.1, 0.15) is 11.9 Å². The van der Waals surface area contributed by atoms with Gasteiger partial charge in [0.05, 0.1) is 11.4 Å². The maximum atomic E-state index is 12.7. The number of hydrogen-bond acceptors (Lipinski definition) is 5. The number of phenolic OH excluding ortho intramolecular Hbond substituents is 1. The number of fused-ring (bicyclic) bond motifs is 1. The molecule has 4 rings (SSSR count). The molecule has 2 amide bonds. The molecule has 0 unspecified atom stereocenters. The van der Waals surface area contributed by atoms with Gasteiger partial charge in [-0.05, 0) is 53.9 Å². The molecule has 0 saturated heterocycles. The van der Waals surface area contributed by atoms with Crippen LogP contribution in [0.1, 0.15) is 18.1 Å². The summed E-state index contributed by atoms with van der Waals surface area (Å²) in [6.07, 6.45) is 1.86. The number of phenols is 1. The van der Waals surface area contributed by atoms with Crippen LogP contribution in [0.3, 0.4) is 0 Å². The molecule has 0 radical (unpaired) electrons. The van der Waals surface area contributed by atoms with E-state index < -0.39 is 12.2 Å². The van der Waals surface area contributed by atoms with E-state index in [4.69, 9.17) is 10.5 Å². The third kappa shape index (κ3) is 6.22. The maximum absolute atomic E-state index is 12.7. The van der Waals surface area contributed by atoms with Gasteiger partial charge in [-0.25, -0.2) is 4.79 Å². The first-order valence-corrected chi connectivity index (χ1v) is 12.0. The lowest BCUT2D eigenvalue weighted by molar-refractivity contribution is -0.111. The Morgan fingerprint density at radius 2 is 1.61 bits per heavy atom. The fraction of sp³-hybridized carbons (Fsp3) is 0.0714. The molecule has 0 saturated carbocycles. The van der Waals surface area contributed by atoms with Crippen LogP contribution in [0.5, 0.6) is 5.75 Å². The van der Waals surface area contributed by atoms with Crippen molar-refractivity contribution in [2.45, 2.75) is 12.5 Å². The van der Waals surface area contributed by atoms with Gasteiger partial charge >= 0.3 is 6.09 Å². The Hall–Kier alpha value is -4.30. The number of carbonyl (C=O) groups excluding carboxylic acids is 2. The largest absolute Gasteiger partial charge is 0.507 e. The minimum absolute atomic E-state index is 0.128. The van der Waals surface area contributed by atoms with Crippen molar-refractivity contribution in [3.05, 3.63) is 107 Å². The number of nitrogens with one attached hydrogen (secondary N) is 2. The second-order valence-corrected chi connectivity index (χ2v) is 8.88. The lowest BCUT2D eigenvalue weighted by atomic mass is 9.97. The van der Waals surface area contributed by atoms with Gasteiger partial charge in [0.15, 0.2) is 0 Å². The monoisotopic (exact) mass is 545 g/mol. The predicted molar refractivity (Wildman–Crippen MR) is 146 cm³/mol. The Balaban J connectivity index is 1.55. The molecule has 8 heteroatoms. The molecule has 0 aliphatic heterocycles. The number of amides is 2. The van der Waals surface area contributed by atoms with Gasteiger partial charge in [-0.3, -0.25) is 10.1 Å². The first-order valence-electron chi connectivity index (χ1n) is 11.2. The molecule has 36 heavy (non-hydrogen) atoms. The molecule has 0 aliphatic carbocycles. The molecule has 0 fully saturated rings. The lowest BCUT2D eigenvalue weighted by Crippen LogP contribution is -2.17. The lowest BCUT2D eigenvalue weighted by Gasteiger charge is -2.20. The average Bonchev–Trinajstić information content (AvgIpc) is 2.87. The fourth-order valence-corrected chi connectivity index (χ4v) is 3.98. The molecule has 7 nitrogen and oxygen atoms in total. The van der Waals surface area contributed by atoms with Crippen LogP contribution in [0.15, 0.2) is 102 Å². The summed E-state index contributed by atoms with van der Waals surface area (Å²) < 4.78 is 6.68. The minimum atomic E-state index is -0.725. The number of aromatic hydroxyl groups is 1. The first kappa shape index (κ1) is 24.8. The van der Waals surface area contributed by atoms with Gasteiger partial charge in [-0.15, -0.1) is 0 Å². The zero-order valence-electron chi connectivity index (χ0n) is 19.1. The molecule has 0 bridgehead atoms. The zero-order chi connectivity index (χ0) is 25.5. The summed E-state index contributed by atoms with van der Waals surface area (Å²) in [5.41, 5.74) is 8.14. The van der Waals surface area contributed by atoms with Gasteiger partial charge in [-0.2, -0.15) is 0 Å². The molecule has 4 aromatic carbocycles. The Labute approximate surface area is 216 Å². The number of nitrogens with two attached hydrogens (primary N) is 1. The van der Waals surface area contributed by atoms with Crippen LogP contribution in [0.4, 0.5) is 21.9 Å². The van der Waals surface area contributed by atoms with Gasteiger partial charge < -0.3 is 20.9 Å². The number of anilines is 3. The molecule has 4 aromatic rings. The standard InChI is InChI=1S/C28H24BrN3O4/c29-18-12-14-19(15-13-18)31-28(35)36-26(22-16-17-25(33)21-7-2-1-6-20(21)22)10-5-11-27(34)32-24-9-4-3-8-23(24)30/h1-9,11-17,26,33H,10,30H2,(H,31,35)(H,32,34)/b11-5+/t26-/m0/s1. The van der Waals surface area contributed by atoms with Crippen molar-refractivity contribution in [1.29, 1.82) is 0 Å². The van der Waals surface area contributed by atoms with Crippen LogP contribution in [0, 0.1) is 0 Å². The van der Waals surface area contributed by atoms with Crippen LogP contribution in [-0.2, 0) is 9.53 Å². The van der Waals surface area contributed by atoms with E-state index in [2.05, 4.69) is 26.6 Å². The molecular formula is C28H24BrN3O4. The van der Waals surface area contributed by atoms with E-state index in [1.165, 1.54) is 6.08 Å².